The van der Waals surface area contributed by atoms with Gasteiger partial charge in [-0.1, -0.05) is 36.4 Å². The third kappa shape index (κ3) is 3.60. The maximum Gasteiger partial charge on any atom is 0.238 e. The molecule has 0 aliphatic rings. The summed E-state index contributed by atoms with van der Waals surface area (Å²) in [4.78, 5) is 14.1. The van der Waals surface area contributed by atoms with Crippen LogP contribution in [0.15, 0.2) is 65.1 Å². The first kappa shape index (κ1) is 15.3. The number of benzene rings is 2. The Hall–Kier alpha value is -2.59. The van der Waals surface area contributed by atoms with E-state index in [1.54, 1.807) is 0 Å². The van der Waals surface area contributed by atoms with Crippen LogP contribution in [0.3, 0.4) is 0 Å². The van der Waals surface area contributed by atoms with Gasteiger partial charge in [0.1, 0.15) is 11.3 Å². The van der Waals surface area contributed by atoms with E-state index in [0.29, 0.717) is 6.54 Å². The van der Waals surface area contributed by atoms with E-state index < -0.39 is 0 Å². The Morgan fingerprint density at radius 2 is 1.83 bits per heavy atom. The Morgan fingerprint density at radius 1 is 1.13 bits per heavy atom. The number of amides is 1. The maximum atomic E-state index is 12.1. The quantitative estimate of drug-likeness (QED) is 0.773. The fourth-order valence-electron chi connectivity index (χ4n) is 2.51. The molecule has 118 valence electrons. The minimum atomic E-state index is -0.0401. The minimum Gasteiger partial charge on any atom is -0.459 e. The maximum absolute atomic E-state index is 12.1. The van der Waals surface area contributed by atoms with Crippen molar-refractivity contribution in [2.24, 2.45) is 0 Å². The topological polar surface area (TPSA) is 45.5 Å². The SMILES string of the molecule is CC(c1cc2ccccc2o1)N(C)CC(=O)Nc1ccccc1. The molecule has 1 aromatic heterocycles. The number of hydrogen-bond acceptors (Lipinski definition) is 3. The Bertz CT molecular complexity index is 762. The third-order valence-electron chi connectivity index (χ3n) is 3.97. The van der Waals surface area contributed by atoms with Gasteiger partial charge in [0.2, 0.25) is 5.91 Å². The lowest BCUT2D eigenvalue weighted by atomic mass is 10.2. The second-order valence-corrected chi connectivity index (χ2v) is 5.69. The molecule has 1 atom stereocenters. The van der Waals surface area contributed by atoms with Gasteiger partial charge in [0, 0.05) is 11.1 Å². The number of fused-ring (bicyclic) bond motifs is 1. The number of furan rings is 1. The van der Waals surface area contributed by atoms with Gasteiger partial charge in [0.15, 0.2) is 0 Å². The van der Waals surface area contributed by atoms with Crippen LogP contribution >= 0.6 is 0 Å². The lowest BCUT2D eigenvalue weighted by Gasteiger charge is -2.22. The van der Waals surface area contributed by atoms with Crippen LogP contribution in [0.1, 0.15) is 18.7 Å². The van der Waals surface area contributed by atoms with Gasteiger partial charge in [-0.05, 0) is 38.2 Å². The first-order valence-electron chi connectivity index (χ1n) is 7.67. The zero-order valence-corrected chi connectivity index (χ0v) is 13.3. The summed E-state index contributed by atoms with van der Waals surface area (Å²) in [7, 11) is 1.92. The molecule has 0 fully saturated rings. The van der Waals surface area contributed by atoms with Gasteiger partial charge in [-0.3, -0.25) is 9.69 Å². The lowest BCUT2D eigenvalue weighted by molar-refractivity contribution is -0.117. The van der Waals surface area contributed by atoms with Crippen LogP contribution in [0.4, 0.5) is 5.69 Å². The van der Waals surface area contributed by atoms with E-state index in [9.17, 15) is 4.79 Å². The number of anilines is 1. The summed E-state index contributed by atoms with van der Waals surface area (Å²) < 4.78 is 5.88. The average molecular weight is 308 g/mol. The number of carbonyl (C=O) groups excluding carboxylic acids is 1. The van der Waals surface area contributed by atoms with Gasteiger partial charge < -0.3 is 9.73 Å². The van der Waals surface area contributed by atoms with Crippen molar-refractivity contribution in [1.29, 1.82) is 0 Å². The Balaban J connectivity index is 1.65. The summed E-state index contributed by atoms with van der Waals surface area (Å²) in [6.07, 6.45) is 0. The summed E-state index contributed by atoms with van der Waals surface area (Å²) in [6, 6.07) is 19.4. The molecule has 1 amide bonds. The van der Waals surface area contributed by atoms with Crippen molar-refractivity contribution in [1.82, 2.24) is 4.90 Å². The van der Waals surface area contributed by atoms with Crippen LogP contribution in [0.5, 0.6) is 0 Å². The van der Waals surface area contributed by atoms with Crippen molar-refractivity contribution in [3.05, 3.63) is 66.4 Å². The molecule has 1 N–H and O–H groups in total. The van der Waals surface area contributed by atoms with E-state index >= 15 is 0 Å². The lowest BCUT2D eigenvalue weighted by Crippen LogP contribution is -2.32. The van der Waals surface area contributed by atoms with Crippen LogP contribution in [-0.2, 0) is 4.79 Å². The molecule has 0 radical (unpaired) electrons. The normalized spacial score (nSPS) is 12.5. The molecule has 3 rings (SSSR count). The fraction of sp³-hybridized carbons (Fsp3) is 0.211. The molecule has 4 nitrogen and oxygen atoms in total. The highest BCUT2D eigenvalue weighted by Gasteiger charge is 2.18. The molecule has 0 bridgehead atoms. The van der Waals surface area contributed by atoms with Crippen molar-refractivity contribution < 1.29 is 9.21 Å². The van der Waals surface area contributed by atoms with E-state index in [-0.39, 0.29) is 11.9 Å². The van der Waals surface area contributed by atoms with Crippen molar-refractivity contribution in [2.75, 3.05) is 18.9 Å². The zero-order valence-electron chi connectivity index (χ0n) is 13.3. The smallest absolute Gasteiger partial charge is 0.238 e. The summed E-state index contributed by atoms with van der Waals surface area (Å²) in [5.74, 6) is 0.822. The molecule has 0 spiro atoms. The summed E-state index contributed by atoms with van der Waals surface area (Å²) in [5, 5.41) is 3.97. The highest BCUT2D eigenvalue weighted by atomic mass is 16.3. The van der Waals surface area contributed by atoms with Crippen LogP contribution in [0, 0.1) is 0 Å². The largest absolute Gasteiger partial charge is 0.459 e. The second kappa shape index (κ2) is 6.67. The van der Waals surface area contributed by atoms with Gasteiger partial charge in [0.05, 0.1) is 12.6 Å². The Labute approximate surface area is 135 Å². The van der Waals surface area contributed by atoms with Gasteiger partial charge in [-0.2, -0.15) is 0 Å². The number of rotatable bonds is 5. The van der Waals surface area contributed by atoms with Crippen LogP contribution in [0.2, 0.25) is 0 Å². The Kier molecular flexibility index (Phi) is 4.44. The predicted molar refractivity (Wildman–Crippen MR) is 92.3 cm³/mol. The van der Waals surface area contributed by atoms with Gasteiger partial charge in [-0.15, -0.1) is 0 Å². The summed E-state index contributed by atoms with van der Waals surface area (Å²) in [5.41, 5.74) is 1.68. The van der Waals surface area contributed by atoms with E-state index in [0.717, 1.165) is 22.4 Å². The fourth-order valence-corrected chi connectivity index (χ4v) is 2.51. The highest BCUT2D eigenvalue weighted by Crippen LogP contribution is 2.26. The van der Waals surface area contributed by atoms with Crippen LogP contribution < -0.4 is 5.32 Å². The van der Waals surface area contributed by atoms with Gasteiger partial charge in [0.25, 0.3) is 0 Å². The molecule has 3 aromatic rings. The average Bonchev–Trinajstić information content (AvgIpc) is 2.98. The van der Waals surface area contributed by atoms with Crippen LogP contribution in [-0.4, -0.2) is 24.4 Å². The van der Waals surface area contributed by atoms with Crippen molar-refractivity contribution in [3.8, 4) is 0 Å². The summed E-state index contributed by atoms with van der Waals surface area (Å²) >= 11 is 0. The highest BCUT2D eigenvalue weighted by molar-refractivity contribution is 5.92. The zero-order chi connectivity index (χ0) is 16.2. The Morgan fingerprint density at radius 3 is 2.57 bits per heavy atom. The summed E-state index contributed by atoms with van der Waals surface area (Å²) in [6.45, 7) is 2.33. The number of nitrogens with one attached hydrogen (secondary N) is 1. The monoisotopic (exact) mass is 308 g/mol. The first-order valence-corrected chi connectivity index (χ1v) is 7.67. The number of carbonyl (C=O) groups is 1. The van der Waals surface area contributed by atoms with E-state index in [1.165, 1.54) is 0 Å². The number of likely N-dealkylation sites (N-methyl/N-ethyl adjacent to an activating group) is 1. The molecule has 23 heavy (non-hydrogen) atoms. The van der Waals surface area contributed by atoms with Crippen molar-refractivity contribution >= 4 is 22.6 Å². The van der Waals surface area contributed by atoms with E-state index in [4.69, 9.17) is 4.42 Å². The van der Waals surface area contributed by atoms with Crippen molar-refractivity contribution in [2.45, 2.75) is 13.0 Å². The molecule has 0 saturated heterocycles. The molecule has 1 unspecified atom stereocenters. The molecule has 0 saturated carbocycles. The number of nitrogens with zero attached hydrogens (tertiary/aromatic N) is 1. The number of para-hydroxylation sites is 2. The van der Waals surface area contributed by atoms with E-state index in [2.05, 4.69) is 5.32 Å². The second-order valence-electron chi connectivity index (χ2n) is 5.69. The predicted octanol–water partition coefficient (Wildman–Crippen LogP) is 4.06. The molecule has 2 aromatic carbocycles. The first-order chi connectivity index (χ1) is 11.1. The van der Waals surface area contributed by atoms with E-state index in [1.807, 2.05) is 79.5 Å². The van der Waals surface area contributed by atoms with Crippen LogP contribution in [0.25, 0.3) is 11.0 Å². The molecule has 1 heterocycles. The third-order valence-corrected chi connectivity index (χ3v) is 3.97. The van der Waals surface area contributed by atoms with Crippen molar-refractivity contribution in [3.63, 3.8) is 0 Å². The molecule has 0 aliphatic carbocycles. The van der Waals surface area contributed by atoms with Gasteiger partial charge in [-0.25, -0.2) is 0 Å². The molecule has 0 aliphatic heterocycles. The molecular weight excluding hydrogens is 288 g/mol. The molecule has 4 heteroatoms. The number of hydrogen-bond donors (Lipinski definition) is 1. The van der Waals surface area contributed by atoms with Gasteiger partial charge >= 0.3 is 0 Å². The molecular formula is C19H20N2O2. The standard InChI is InChI=1S/C19H20N2O2/c1-14(18-12-15-8-6-7-11-17(15)23-18)21(2)13-19(22)20-16-9-4-3-5-10-16/h3-12,14H,13H2,1-2H3,(H,20,22). The minimum absolute atomic E-state index is 0.0175.